The average molecular weight is 272 g/mol. The van der Waals surface area contributed by atoms with E-state index in [1.807, 2.05) is 0 Å². The molecule has 0 aromatic heterocycles. The molecule has 0 radical (unpaired) electrons. The number of nitrogens with one attached hydrogen (secondary N) is 1. The molecule has 0 aliphatic heterocycles. The van der Waals surface area contributed by atoms with Crippen molar-refractivity contribution in [1.29, 1.82) is 0 Å². The Morgan fingerprint density at radius 2 is 1.74 bits per heavy atom. The van der Waals surface area contributed by atoms with E-state index in [-0.39, 0.29) is 5.54 Å². The van der Waals surface area contributed by atoms with Crippen molar-refractivity contribution in [3.05, 3.63) is 0 Å². The van der Waals surface area contributed by atoms with Crippen LogP contribution in [0.3, 0.4) is 0 Å². The third-order valence-corrected chi connectivity index (χ3v) is 2.54. The van der Waals surface area contributed by atoms with Gasteiger partial charge in [-0.1, -0.05) is 5.92 Å². The van der Waals surface area contributed by atoms with Gasteiger partial charge in [0.2, 0.25) is 0 Å². The fourth-order valence-electron chi connectivity index (χ4n) is 1.41. The van der Waals surface area contributed by atoms with E-state index in [4.69, 9.17) is 26.4 Å². The van der Waals surface area contributed by atoms with E-state index >= 15 is 0 Å². The van der Waals surface area contributed by atoms with E-state index in [0.717, 1.165) is 13.0 Å². The SMILES string of the molecule is C#CCOCCOCCC(C)(C)NCCOCCN. The quantitative estimate of drug-likeness (QED) is 0.375. The molecule has 112 valence electrons. The van der Waals surface area contributed by atoms with Crippen molar-refractivity contribution in [3.8, 4) is 12.3 Å². The van der Waals surface area contributed by atoms with Gasteiger partial charge in [0, 0.05) is 25.2 Å². The monoisotopic (exact) mass is 272 g/mol. The number of hydrogen-bond acceptors (Lipinski definition) is 5. The summed E-state index contributed by atoms with van der Waals surface area (Å²) in [6.45, 7) is 9.15. The molecule has 0 saturated carbocycles. The maximum absolute atomic E-state index is 5.48. The predicted molar refractivity (Wildman–Crippen MR) is 77.0 cm³/mol. The Morgan fingerprint density at radius 1 is 1.05 bits per heavy atom. The Hall–Kier alpha value is -0.640. The van der Waals surface area contributed by atoms with Crippen LogP contribution in [0.2, 0.25) is 0 Å². The van der Waals surface area contributed by atoms with Gasteiger partial charge >= 0.3 is 0 Å². The molecule has 0 heterocycles. The molecule has 0 saturated heterocycles. The first-order valence-corrected chi connectivity index (χ1v) is 6.74. The van der Waals surface area contributed by atoms with Gasteiger partial charge in [-0.15, -0.1) is 6.42 Å². The second kappa shape index (κ2) is 12.4. The smallest absolute Gasteiger partial charge is 0.107 e. The second-order valence-corrected chi connectivity index (χ2v) is 4.83. The number of hydrogen-bond donors (Lipinski definition) is 2. The molecule has 3 N–H and O–H groups in total. The van der Waals surface area contributed by atoms with Gasteiger partial charge in [-0.3, -0.25) is 0 Å². The van der Waals surface area contributed by atoms with Crippen molar-refractivity contribution in [1.82, 2.24) is 5.32 Å². The molecule has 0 aliphatic rings. The van der Waals surface area contributed by atoms with Gasteiger partial charge in [0.15, 0.2) is 0 Å². The standard InChI is InChI=1S/C14H28N2O3/c1-4-8-17-12-13-18-9-5-14(2,3)16-7-11-19-10-6-15/h1,16H,5-13,15H2,2-3H3. The largest absolute Gasteiger partial charge is 0.379 e. The lowest BCUT2D eigenvalue weighted by Gasteiger charge is -2.26. The Labute approximate surface area is 117 Å². The van der Waals surface area contributed by atoms with Crippen LogP contribution in [0, 0.1) is 12.3 Å². The second-order valence-electron chi connectivity index (χ2n) is 4.83. The van der Waals surface area contributed by atoms with Crippen molar-refractivity contribution in [2.75, 3.05) is 52.7 Å². The molecule has 0 amide bonds. The van der Waals surface area contributed by atoms with E-state index < -0.39 is 0 Å². The summed E-state index contributed by atoms with van der Waals surface area (Å²) in [5.74, 6) is 2.41. The summed E-state index contributed by atoms with van der Waals surface area (Å²) in [7, 11) is 0. The van der Waals surface area contributed by atoms with Gasteiger partial charge in [-0.05, 0) is 20.3 Å². The minimum Gasteiger partial charge on any atom is -0.379 e. The Morgan fingerprint density at radius 3 is 2.42 bits per heavy atom. The highest BCUT2D eigenvalue weighted by molar-refractivity contribution is 4.82. The minimum absolute atomic E-state index is 0.0335. The highest BCUT2D eigenvalue weighted by atomic mass is 16.5. The fraction of sp³-hybridized carbons (Fsp3) is 0.857. The van der Waals surface area contributed by atoms with Crippen molar-refractivity contribution < 1.29 is 14.2 Å². The van der Waals surface area contributed by atoms with Crippen molar-refractivity contribution >= 4 is 0 Å². The highest BCUT2D eigenvalue weighted by Crippen LogP contribution is 2.07. The molecule has 0 aromatic carbocycles. The van der Waals surface area contributed by atoms with Gasteiger partial charge in [-0.2, -0.15) is 0 Å². The molecule has 0 bridgehead atoms. The summed E-state index contributed by atoms with van der Waals surface area (Å²) in [5.41, 5.74) is 5.37. The number of ether oxygens (including phenoxy) is 3. The Balaban J connectivity index is 3.38. The Kier molecular flexibility index (Phi) is 12.0. The van der Waals surface area contributed by atoms with Crippen LogP contribution in [0.25, 0.3) is 0 Å². The van der Waals surface area contributed by atoms with E-state index in [2.05, 4.69) is 25.1 Å². The summed E-state index contributed by atoms with van der Waals surface area (Å²) in [4.78, 5) is 0. The molecule has 19 heavy (non-hydrogen) atoms. The van der Waals surface area contributed by atoms with Crippen LogP contribution < -0.4 is 11.1 Å². The van der Waals surface area contributed by atoms with E-state index in [0.29, 0.717) is 46.2 Å². The van der Waals surface area contributed by atoms with Crippen LogP contribution in [0.4, 0.5) is 0 Å². The third kappa shape index (κ3) is 13.6. The summed E-state index contributed by atoms with van der Waals surface area (Å²) in [6.07, 6.45) is 5.99. The maximum atomic E-state index is 5.48. The van der Waals surface area contributed by atoms with Crippen LogP contribution in [0.5, 0.6) is 0 Å². The molecule has 0 fully saturated rings. The molecule has 0 aromatic rings. The summed E-state index contributed by atoms with van der Waals surface area (Å²) in [6, 6.07) is 0. The average Bonchev–Trinajstić information content (AvgIpc) is 2.37. The van der Waals surface area contributed by atoms with E-state index in [1.54, 1.807) is 0 Å². The lowest BCUT2D eigenvalue weighted by Crippen LogP contribution is -2.42. The van der Waals surface area contributed by atoms with Gasteiger partial charge in [0.1, 0.15) is 6.61 Å². The molecule has 0 unspecified atom stereocenters. The number of rotatable bonds is 13. The normalized spacial score (nSPS) is 11.5. The lowest BCUT2D eigenvalue weighted by molar-refractivity contribution is 0.0505. The molecule has 0 rings (SSSR count). The maximum Gasteiger partial charge on any atom is 0.107 e. The topological polar surface area (TPSA) is 65.7 Å². The summed E-state index contributed by atoms with van der Waals surface area (Å²) >= 11 is 0. The van der Waals surface area contributed by atoms with Gasteiger partial charge in [0.05, 0.1) is 26.4 Å². The van der Waals surface area contributed by atoms with E-state index in [9.17, 15) is 0 Å². The number of terminal acetylenes is 1. The summed E-state index contributed by atoms with van der Waals surface area (Å²) < 4.78 is 15.9. The van der Waals surface area contributed by atoms with Crippen LogP contribution in [-0.4, -0.2) is 58.3 Å². The zero-order valence-electron chi connectivity index (χ0n) is 12.2. The predicted octanol–water partition coefficient (Wildman–Crippen LogP) is 0.386. The zero-order valence-corrected chi connectivity index (χ0v) is 12.2. The Bertz CT molecular complexity index is 239. The fourth-order valence-corrected chi connectivity index (χ4v) is 1.41. The number of nitrogens with two attached hydrogens (primary N) is 1. The van der Waals surface area contributed by atoms with E-state index in [1.165, 1.54) is 0 Å². The first-order chi connectivity index (χ1) is 9.12. The summed E-state index contributed by atoms with van der Waals surface area (Å²) in [5, 5.41) is 3.43. The van der Waals surface area contributed by atoms with Gasteiger partial charge < -0.3 is 25.3 Å². The molecular formula is C14H28N2O3. The van der Waals surface area contributed by atoms with Crippen molar-refractivity contribution in [3.63, 3.8) is 0 Å². The van der Waals surface area contributed by atoms with Crippen LogP contribution in [0.1, 0.15) is 20.3 Å². The molecule has 5 nitrogen and oxygen atoms in total. The van der Waals surface area contributed by atoms with Gasteiger partial charge in [0.25, 0.3) is 0 Å². The third-order valence-electron chi connectivity index (χ3n) is 2.54. The minimum atomic E-state index is 0.0335. The van der Waals surface area contributed by atoms with Crippen LogP contribution in [-0.2, 0) is 14.2 Å². The highest BCUT2D eigenvalue weighted by Gasteiger charge is 2.15. The van der Waals surface area contributed by atoms with Crippen molar-refractivity contribution in [2.24, 2.45) is 5.73 Å². The first kappa shape index (κ1) is 18.4. The zero-order chi connectivity index (χ0) is 14.4. The van der Waals surface area contributed by atoms with Gasteiger partial charge in [-0.25, -0.2) is 0 Å². The van der Waals surface area contributed by atoms with Crippen LogP contribution >= 0.6 is 0 Å². The lowest BCUT2D eigenvalue weighted by atomic mass is 10.0. The molecule has 5 heteroatoms. The molecular weight excluding hydrogens is 244 g/mol. The van der Waals surface area contributed by atoms with Crippen LogP contribution in [0.15, 0.2) is 0 Å². The molecule has 0 aliphatic carbocycles. The molecule has 0 spiro atoms. The van der Waals surface area contributed by atoms with Crippen molar-refractivity contribution in [2.45, 2.75) is 25.8 Å². The first-order valence-electron chi connectivity index (χ1n) is 6.74. The molecule has 0 atom stereocenters.